The topological polar surface area (TPSA) is 29.5 Å². The van der Waals surface area contributed by atoms with Gasteiger partial charge in [-0.25, -0.2) is 0 Å². The summed E-state index contributed by atoms with van der Waals surface area (Å²) in [5.74, 6) is 1.36. The fraction of sp³-hybridized carbons (Fsp3) is 1.00. The molecule has 1 spiro atoms. The average Bonchev–Trinajstić information content (AvgIpc) is 2.83. The van der Waals surface area contributed by atoms with Gasteiger partial charge in [0.25, 0.3) is 0 Å². The van der Waals surface area contributed by atoms with Crippen molar-refractivity contribution >= 4 is 11.8 Å². The standard InChI is InChI=1S/C15H28O2S/c1-3-12(2)18-11-14(16)13-6-9-17-15(10-13)7-4-5-8-15/h12-14,16H,3-11H2,1-2H3. The van der Waals surface area contributed by atoms with Crippen molar-refractivity contribution in [1.29, 1.82) is 0 Å². The Hall–Kier alpha value is 0.270. The molecule has 2 rings (SSSR count). The molecular formula is C15H28O2S. The third-order valence-corrected chi connectivity index (χ3v) is 6.15. The van der Waals surface area contributed by atoms with Crippen molar-refractivity contribution in [2.24, 2.45) is 5.92 Å². The molecule has 0 radical (unpaired) electrons. The minimum absolute atomic E-state index is 0.134. The van der Waals surface area contributed by atoms with Crippen molar-refractivity contribution in [3.8, 4) is 0 Å². The lowest BCUT2D eigenvalue weighted by molar-refractivity contribution is -0.109. The lowest BCUT2D eigenvalue weighted by Crippen LogP contribution is -2.41. The molecule has 18 heavy (non-hydrogen) atoms. The van der Waals surface area contributed by atoms with Gasteiger partial charge in [0.15, 0.2) is 0 Å². The zero-order valence-corrected chi connectivity index (χ0v) is 12.7. The Morgan fingerprint density at radius 3 is 2.78 bits per heavy atom. The van der Waals surface area contributed by atoms with Crippen LogP contribution in [0.25, 0.3) is 0 Å². The second-order valence-corrected chi connectivity index (χ2v) is 7.58. The molecule has 3 unspecified atom stereocenters. The number of aliphatic hydroxyl groups is 1. The van der Waals surface area contributed by atoms with Crippen LogP contribution in [0.15, 0.2) is 0 Å². The molecule has 2 nitrogen and oxygen atoms in total. The van der Waals surface area contributed by atoms with E-state index < -0.39 is 0 Å². The molecule has 0 amide bonds. The van der Waals surface area contributed by atoms with Crippen LogP contribution in [0.1, 0.15) is 58.8 Å². The van der Waals surface area contributed by atoms with Crippen LogP contribution >= 0.6 is 11.8 Å². The Kier molecular flexibility index (Phi) is 5.40. The highest BCUT2D eigenvalue weighted by Gasteiger charge is 2.41. The highest BCUT2D eigenvalue weighted by atomic mass is 32.2. The Bertz CT molecular complexity index is 251. The number of hydrogen-bond donors (Lipinski definition) is 1. The summed E-state index contributed by atoms with van der Waals surface area (Å²) in [7, 11) is 0. The Morgan fingerprint density at radius 2 is 2.11 bits per heavy atom. The van der Waals surface area contributed by atoms with E-state index in [0.717, 1.165) is 25.2 Å². The second kappa shape index (κ2) is 6.62. The maximum absolute atomic E-state index is 10.4. The summed E-state index contributed by atoms with van der Waals surface area (Å²) in [6.07, 6.45) is 8.25. The van der Waals surface area contributed by atoms with Crippen molar-refractivity contribution in [3.05, 3.63) is 0 Å². The van der Waals surface area contributed by atoms with Crippen LogP contribution in [0.2, 0.25) is 0 Å². The van der Waals surface area contributed by atoms with Crippen molar-refractivity contribution in [3.63, 3.8) is 0 Å². The maximum atomic E-state index is 10.4. The van der Waals surface area contributed by atoms with Crippen LogP contribution in [0.5, 0.6) is 0 Å². The summed E-state index contributed by atoms with van der Waals surface area (Å²) in [6, 6.07) is 0. The van der Waals surface area contributed by atoms with E-state index in [-0.39, 0.29) is 11.7 Å². The van der Waals surface area contributed by atoms with Crippen LogP contribution < -0.4 is 0 Å². The molecule has 1 saturated heterocycles. The number of rotatable bonds is 5. The molecule has 3 heteroatoms. The SMILES string of the molecule is CCC(C)SCC(O)C1CCOC2(CCCC2)C1. The molecule has 0 bridgehead atoms. The smallest absolute Gasteiger partial charge is 0.0686 e. The second-order valence-electron chi connectivity index (χ2n) is 6.11. The summed E-state index contributed by atoms with van der Waals surface area (Å²) in [6.45, 7) is 5.32. The predicted molar refractivity (Wildman–Crippen MR) is 78.1 cm³/mol. The first-order valence-electron chi connectivity index (χ1n) is 7.59. The van der Waals surface area contributed by atoms with Crippen LogP contribution in [0.3, 0.4) is 0 Å². The van der Waals surface area contributed by atoms with Crippen molar-refractivity contribution in [2.45, 2.75) is 75.7 Å². The van der Waals surface area contributed by atoms with Crippen molar-refractivity contribution < 1.29 is 9.84 Å². The summed E-state index contributed by atoms with van der Waals surface area (Å²) in [5, 5.41) is 11.1. The van der Waals surface area contributed by atoms with E-state index in [1.165, 1.54) is 32.1 Å². The fourth-order valence-corrected chi connectivity index (χ4v) is 4.31. The van der Waals surface area contributed by atoms with Gasteiger partial charge in [0.2, 0.25) is 0 Å². The molecule has 106 valence electrons. The van der Waals surface area contributed by atoms with E-state index in [0.29, 0.717) is 11.2 Å². The van der Waals surface area contributed by atoms with E-state index in [2.05, 4.69) is 13.8 Å². The van der Waals surface area contributed by atoms with E-state index in [1.807, 2.05) is 11.8 Å². The van der Waals surface area contributed by atoms with Gasteiger partial charge in [0, 0.05) is 17.6 Å². The highest BCUT2D eigenvalue weighted by molar-refractivity contribution is 7.99. The molecule has 3 atom stereocenters. The van der Waals surface area contributed by atoms with Gasteiger partial charge in [-0.3, -0.25) is 0 Å². The van der Waals surface area contributed by atoms with Crippen LogP contribution in [0.4, 0.5) is 0 Å². The molecule has 2 fully saturated rings. The molecule has 1 aliphatic heterocycles. The maximum Gasteiger partial charge on any atom is 0.0686 e. The number of aliphatic hydroxyl groups excluding tert-OH is 1. The quantitative estimate of drug-likeness (QED) is 0.829. The third-order valence-electron chi connectivity index (χ3n) is 4.72. The van der Waals surface area contributed by atoms with Crippen LogP contribution in [-0.4, -0.2) is 34.4 Å². The van der Waals surface area contributed by atoms with Gasteiger partial charge in [0.05, 0.1) is 11.7 Å². The first-order valence-corrected chi connectivity index (χ1v) is 8.64. The molecule has 0 aromatic rings. The van der Waals surface area contributed by atoms with E-state index in [4.69, 9.17) is 4.74 Å². The number of thioether (sulfide) groups is 1. The molecule has 0 aromatic heterocycles. The Balaban J connectivity index is 1.80. The van der Waals surface area contributed by atoms with Gasteiger partial charge in [-0.2, -0.15) is 11.8 Å². The Labute approximate surface area is 116 Å². The first-order chi connectivity index (χ1) is 8.65. The molecule has 1 saturated carbocycles. The zero-order chi connectivity index (χ0) is 13.0. The highest BCUT2D eigenvalue weighted by Crippen LogP contribution is 2.43. The van der Waals surface area contributed by atoms with Gasteiger partial charge in [-0.05, 0) is 38.0 Å². The lowest BCUT2D eigenvalue weighted by atomic mass is 9.82. The largest absolute Gasteiger partial charge is 0.392 e. The summed E-state index contributed by atoms with van der Waals surface area (Å²) < 4.78 is 6.04. The minimum Gasteiger partial charge on any atom is -0.392 e. The monoisotopic (exact) mass is 272 g/mol. The molecule has 2 aliphatic rings. The normalized spacial score (nSPS) is 30.5. The van der Waals surface area contributed by atoms with Gasteiger partial charge in [0.1, 0.15) is 0 Å². The minimum atomic E-state index is -0.134. The van der Waals surface area contributed by atoms with Crippen molar-refractivity contribution in [2.75, 3.05) is 12.4 Å². The Morgan fingerprint density at radius 1 is 1.39 bits per heavy atom. The van der Waals surface area contributed by atoms with E-state index in [9.17, 15) is 5.11 Å². The van der Waals surface area contributed by atoms with Crippen molar-refractivity contribution in [1.82, 2.24) is 0 Å². The van der Waals surface area contributed by atoms with Gasteiger partial charge < -0.3 is 9.84 Å². The lowest BCUT2D eigenvalue weighted by Gasteiger charge is -2.40. The van der Waals surface area contributed by atoms with Gasteiger partial charge >= 0.3 is 0 Å². The van der Waals surface area contributed by atoms with E-state index >= 15 is 0 Å². The fourth-order valence-electron chi connectivity index (χ4n) is 3.28. The summed E-state index contributed by atoms with van der Waals surface area (Å²) in [4.78, 5) is 0. The van der Waals surface area contributed by atoms with Crippen LogP contribution in [0, 0.1) is 5.92 Å². The average molecular weight is 272 g/mol. The number of ether oxygens (including phenoxy) is 1. The molecule has 1 aliphatic carbocycles. The predicted octanol–water partition coefficient (Wildman–Crippen LogP) is 3.62. The molecule has 1 heterocycles. The summed E-state index contributed by atoms with van der Waals surface area (Å²) >= 11 is 1.92. The third kappa shape index (κ3) is 3.64. The summed E-state index contributed by atoms with van der Waals surface area (Å²) in [5.41, 5.74) is 0.144. The zero-order valence-electron chi connectivity index (χ0n) is 11.9. The first kappa shape index (κ1) is 14.7. The number of hydrogen-bond acceptors (Lipinski definition) is 3. The van der Waals surface area contributed by atoms with Gasteiger partial charge in [-0.1, -0.05) is 26.7 Å². The molecular weight excluding hydrogens is 244 g/mol. The van der Waals surface area contributed by atoms with Gasteiger partial charge in [-0.15, -0.1) is 0 Å². The van der Waals surface area contributed by atoms with E-state index in [1.54, 1.807) is 0 Å². The molecule has 0 aromatic carbocycles. The molecule has 1 N–H and O–H groups in total. The van der Waals surface area contributed by atoms with Crippen LogP contribution in [-0.2, 0) is 4.74 Å².